The van der Waals surface area contributed by atoms with Gasteiger partial charge in [-0.05, 0) is 36.8 Å². The third kappa shape index (κ3) is 6.09. The Bertz CT molecular complexity index is 964. The molecular weight excluding hydrogens is 460 g/mol. The molecule has 5 nitrogen and oxygen atoms in total. The number of amides is 2. The second-order valence-corrected chi connectivity index (χ2v) is 7.64. The zero-order valence-electron chi connectivity index (χ0n) is 16.5. The number of anilines is 1. The second-order valence-electron chi connectivity index (χ2n) is 6.73. The van der Waals surface area contributed by atoms with E-state index in [0.717, 1.165) is 35.7 Å². The predicted molar refractivity (Wildman–Crippen MR) is 108 cm³/mol. The number of para-hydroxylation sites is 1. The number of thioether (sulfide) groups is 1. The van der Waals surface area contributed by atoms with Crippen molar-refractivity contribution in [2.75, 3.05) is 10.8 Å². The maximum atomic E-state index is 13.1. The van der Waals surface area contributed by atoms with Gasteiger partial charge in [-0.15, -0.1) is 13.2 Å². The smallest absolute Gasteiger partial charge is 0.406 e. The summed E-state index contributed by atoms with van der Waals surface area (Å²) in [5.74, 6) is -0.396. The largest absolute Gasteiger partial charge is 0.573 e. The lowest BCUT2D eigenvalue weighted by molar-refractivity contribution is -0.274. The van der Waals surface area contributed by atoms with Crippen molar-refractivity contribution < 1.29 is 35.9 Å². The van der Waals surface area contributed by atoms with E-state index in [4.69, 9.17) is 0 Å². The average Bonchev–Trinajstić information content (AvgIpc) is 2.71. The van der Waals surface area contributed by atoms with Crippen molar-refractivity contribution in [1.29, 1.82) is 0 Å². The normalized spacial score (nSPS) is 17.6. The van der Waals surface area contributed by atoms with Gasteiger partial charge in [0.1, 0.15) is 11.8 Å². The number of hydrogen-bond donors (Lipinski definition) is 0. The number of rotatable bonds is 5. The standard InChI is InChI=1S/C20H17F6N3O2S/c1-13(19(21,22)23)27-17-28(11-14-7-9-16(10-8-14)31-20(24,25)26)18(30)29(12-32-17)15-5-3-2-4-6-15/h2-10,13H,11-12H2,1H3. The van der Waals surface area contributed by atoms with Gasteiger partial charge < -0.3 is 4.74 Å². The van der Waals surface area contributed by atoms with E-state index in [1.54, 1.807) is 30.3 Å². The van der Waals surface area contributed by atoms with E-state index in [9.17, 15) is 31.1 Å². The molecule has 1 aliphatic heterocycles. The van der Waals surface area contributed by atoms with E-state index in [0.29, 0.717) is 11.3 Å². The number of alkyl halides is 6. The van der Waals surface area contributed by atoms with Crippen molar-refractivity contribution in [2.45, 2.75) is 32.0 Å². The van der Waals surface area contributed by atoms with Crippen LogP contribution in [0.1, 0.15) is 12.5 Å². The van der Waals surface area contributed by atoms with Crippen LogP contribution in [-0.4, -0.2) is 40.6 Å². The number of nitrogens with zero attached hydrogens (tertiary/aromatic N) is 3. The molecule has 0 radical (unpaired) electrons. The molecule has 3 rings (SSSR count). The molecule has 1 unspecified atom stereocenters. The lowest BCUT2D eigenvalue weighted by Crippen LogP contribution is -2.50. The third-order valence-corrected chi connectivity index (χ3v) is 5.33. The number of amidine groups is 1. The molecule has 2 amide bonds. The van der Waals surface area contributed by atoms with Crippen molar-refractivity contribution in [1.82, 2.24) is 4.90 Å². The molecule has 0 spiro atoms. The summed E-state index contributed by atoms with van der Waals surface area (Å²) in [4.78, 5) is 19.3. The number of carbonyl (C=O) groups is 1. The van der Waals surface area contributed by atoms with E-state index in [1.165, 1.54) is 17.0 Å². The van der Waals surface area contributed by atoms with Crippen molar-refractivity contribution in [3.8, 4) is 5.75 Å². The SMILES string of the molecule is CC(N=C1SCN(c2ccccc2)C(=O)N1Cc1ccc(OC(F)(F)F)cc1)C(F)(F)F. The topological polar surface area (TPSA) is 45.1 Å². The monoisotopic (exact) mass is 477 g/mol. The summed E-state index contributed by atoms with van der Waals surface area (Å²) in [6.45, 7) is 0.688. The minimum atomic E-state index is -4.86. The van der Waals surface area contributed by atoms with Gasteiger partial charge in [0.25, 0.3) is 0 Å². The quantitative estimate of drug-likeness (QED) is 0.495. The van der Waals surface area contributed by atoms with Crippen molar-refractivity contribution in [3.63, 3.8) is 0 Å². The molecule has 0 aromatic heterocycles. The van der Waals surface area contributed by atoms with Crippen molar-refractivity contribution >= 4 is 28.6 Å². The highest BCUT2D eigenvalue weighted by Gasteiger charge is 2.39. The number of carbonyl (C=O) groups excluding carboxylic acids is 1. The van der Waals surface area contributed by atoms with Gasteiger partial charge in [0.15, 0.2) is 5.17 Å². The molecule has 1 aliphatic rings. The van der Waals surface area contributed by atoms with Gasteiger partial charge in [0.05, 0.1) is 12.4 Å². The first-order valence-electron chi connectivity index (χ1n) is 9.20. The summed E-state index contributed by atoms with van der Waals surface area (Å²) < 4.78 is 80.0. The van der Waals surface area contributed by atoms with Crippen LogP contribution in [0.2, 0.25) is 0 Å². The Balaban J connectivity index is 1.88. The summed E-state index contributed by atoms with van der Waals surface area (Å²) >= 11 is 0.960. The number of urea groups is 1. The summed E-state index contributed by atoms with van der Waals surface area (Å²) in [5, 5.41) is -0.123. The Morgan fingerprint density at radius 3 is 2.22 bits per heavy atom. The first-order valence-corrected chi connectivity index (χ1v) is 10.2. The van der Waals surface area contributed by atoms with Gasteiger partial charge in [-0.2, -0.15) is 13.2 Å². The second kappa shape index (κ2) is 9.31. The van der Waals surface area contributed by atoms with Crippen LogP contribution in [0.4, 0.5) is 36.8 Å². The first-order chi connectivity index (χ1) is 14.9. The lowest BCUT2D eigenvalue weighted by atomic mass is 10.2. The van der Waals surface area contributed by atoms with Gasteiger partial charge in [0, 0.05) is 5.69 Å². The molecule has 1 atom stereocenters. The van der Waals surface area contributed by atoms with Gasteiger partial charge in [-0.25, -0.2) is 9.79 Å². The Kier molecular flexibility index (Phi) is 6.91. The Morgan fingerprint density at radius 2 is 1.66 bits per heavy atom. The molecule has 12 heteroatoms. The maximum absolute atomic E-state index is 13.1. The molecular formula is C20H17F6N3O2S. The minimum Gasteiger partial charge on any atom is -0.406 e. The van der Waals surface area contributed by atoms with Gasteiger partial charge in [-0.3, -0.25) is 9.80 Å². The molecule has 1 heterocycles. The number of aliphatic imine (C=N–C) groups is 1. The molecule has 172 valence electrons. The fourth-order valence-electron chi connectivity index (χ4n) is 2.74. The Morgan fingerprint density at radius 1 is 1.03 bits per heavy atom. The average molecular weight is 477 g/mol. The van der Waals surface area contributed by atoms with Crippen LogP contribution >= 0.6 is 11.8 Å². The summed E-state index contributed by atoms with van der Waals surface area (Å²) in [7, 11) is 0. The molecule has 1 fully saturated rings. The molecule has 0 saturated carbocycles. The number of halogens is 6. The summed E-state index contributed by atoms with van der Waals surface area (Å²) in [5.41, 5.74) is 0.933. The fraction of sp³-hybridized carbons (Fsp3) is 0.300. The van der Waals surface area contributed by atoms with Crippen LogP contribution in [0.15, 0.2) is 59.6 Å². The van der Waals surface area contributed by atoms with Crippen LogP contribution in [0, 0.1) is 0 Å². The third-order valence-electron chi connectivity index (χ3n) is 4.36. The molecule has 0 N–H and O–H groups in total. The van der Waals surface area contributed by atoms with Crippen LogP contribution in [0.25, 0.3) is 0 Å². The zero-order chi connectivity index (χ0) is 23.5. The first kappa shape index (κ1) is 23.8. The van der Waals surface area contributed by atoms with Crippen molar-refractivity contribution in [3.05, 3.63) is 60.2 Å². The number of benzene rings is 2. The van der Waals surface area contributed by atoms with Gasteiger partial charge >= 0.3 is 18.6 Å². The maximum Gasteiger partial charge on any atom is 0.573 e. The number of ether oxygens (including phenoxy) is 1. The summed E-state index contributed by atoms with van der Waals surface area (Å²) in [6, 6.07) is 10.6. The van der Waals surface area contributed by atoms with Crippen LogP contribution < -0.4 is 9.64 Å². The molecule has 0 aliphatic carbocycles. The van der Waals surface area contributed by atoms with Crippen LogP contribution in [-0.2, 0) is 6.54 Å². The van der Waals surface area contributed by atoms with E-state index in [2.05, 4.69) is 9.73 Å². The van der Waals surface area contributed by atoms with Gasteiger partial charge in [-0.1, -0.05) is 42.1 Å². The highest BCUT2D eigenvalue weighted by atomic mass is 32.2. The predicted octanol–water partition coefficient (Wildman–Crippen LogP) is 6.02. The highest BCUT2D eigenvalue weighted by Crippen LogP contribution is 2.31. The van der Waals surface area contributed by atoms with Crippen molar-refractivity contribution in [2.24, 2.45) is 4.99 Å². The molecule has 0 bridgehead atoms. The molecule has 32 heavy (non-hydrogen) atoms. The van der Waals surface area contributed by atoms with E-state index < -0.39 is 30.4 Å². The summed E-state index contributed by atoms with van der Waals surface area (Å²) in [6.07, 6.45) is -9.44. The van der Waals surface area contributed by atoms with E-state index in [-0.39, 0.29) is 17.6 Å². The lowest BCUT2D eigenvalue weighted by Gasteiger charge is -2.36. The molecule has 2 aromatic rings. The Labute approximate surface area is 183 Å². The van der Waals surface area contributed by atoms with Crippen LogP contribution in [0.5, 0.6) is 5.75 Å². The molecule has 1 saturated heterocycles. The molecule has 2 aromatic carbocycles. The van der Waals surface area contributed by atoms with Crippen LogP contribution in [0.3, 0.4) is 0 Å². The minimum absolute atomic E-state index is 0.0567. The zero-order valence-corrected chi connectivity index (χ0v) is 17.3. The van der Waals surface area contributed by atoms with E-state index in [1.807, 2.05) is 0 Å². The Hall–Kier alpha value is -2.89. The van der Waals surface area contributed by atoms with Gasteiger partial charge in [0.2, 0.25) is 0 Å². The number of hydrogen-bond acceptors (Lipinski definition) is 4. The van der Waals surface area contributed by atoms with E-state index >= 15 is 0 Å². The highest BCUT2D eigenvalue weighted by molar-refractivity contribution is 8.14. The fourth-order valence-corrected chi connectivity index (χ4v) is 3.77.